The van der Waals surface area contributed by atoms with E-state index in [-0.39, 0.29) is 23.8 Å². The van der Waals surface area contributed by atoms with Crippen LogP contribution in [-0.4, -0.2) is 38.6 Å². The SMILES string of the molecule is CCC(C)(O)/C=C(\CO)CCCC(/C=C(C)/C=C(\C)C[C@@H](C)c1oc(=O)c(C)c(O)c1C)C(=O)O. The summed E-state index contributed by atoms with van der Waals surface area (Å²) in [5, 5.41) is 39.6. The fourth-order valence-electron chi connectivity index (χ4n) is 4.17. The van der Waals surface area contributed by atoms with Crippen LogP contribution in [0.5, 0.6) is 5.75 Å². The molecular formula is C28H42O7. The molecule has 1 aromatic rings. The van der Waals surface area contributed by atoms with E-state index in [1.165, 1.54) is 6.92 Å². The Morgan fingerprint density at radius 3 is 2.37 bits per heavy atom. The highest BCUT2D eigenvalue weighted by Gasteiger charge is 2.20. The molecule has 0 saturated heterocycles. The predicted molar refractivity (Wildman–Crippen MR) is 138 cm³/mol. The Morgan fingerprint density at radius 1 is 1.20 bits per heavy atom. The summed E-state index contributed by atoms with van der Waals surface area (Å²) in [5.74, 6) is -1.31. The minimum atomic E-state index is -0.987. The fourth-order valence-corrected chi connectivity index (χ4v) is 4.17. The van der Waals surface area contributed by atoms with E-state index < -0.39 is 23.1 Å². The van der Waals surface area contributed by atoms with Crippen LogP contribution in [0.4, 0.5) is 0 Å². The Bertz CT molecular complexity index is 1020. The average Bonchev–Trinajstić information content (AvgIpc) is 2.78. The van der Waals surface area contributed by atoms with Gasteiger partial charge in [0.1, 0.15) is 11.5 Å². The second kappa shape index (κ2) is 13.4. The van der Waals surface area contributed by atoms with Crippen LogP contribution in [0.3, 0.4) is 0 Å². The Labute approximate surface area is 208 Å². The minimum absolute atomic E-state index is 0.0392. The summed E-state index contributed by atoms with van der Waals surface area (Å²) in [6.45, 7) is 12.3. The first-order chi connectivity index (χ1) is 16.2. The van der Waals surface area contributed by atoms with Crippen LogP contribution < -0.4 is 5.63 Å². The van der Waals surface area contributed by atoms with Gasteiger partial charge in [-0.05, 0) is 72.3 Å². The highest BCUT2D eigenvalue weighted by atomic mass is 16.4. The van der Waals surface area contributed by atoms with Gasteiger partial charge in [0, 0.05) is 11.5 Å². The minimum Gasteiger partial charge on any atom is -0.507 e. The van der Waals surface area contributed by atoms with E-state index in [9.17, 15) is 30.0 Å². The van der Waals surface area contributed by atoms with Gasteiger partial charge < -0.3 is 24.8 Å². The number of hydrogen-bond acceptors (Lipinski definition) is 6. The van der Waals surface area contributed by atoms with E-state index in [0.717, 1.165) is 11.1 Å². The van der Waals surface area contributed by atoms with Crippen molar-refractivity contribution in [2.75, 3.05) is 6.61 Å². The van der Waals surface area contributed by atoms with Crippen molar-refractivity contribution in [3.05, 3.63) is 62.3 Å². The second-order valence-electron chi connectivity index (χ2n) is 9.87. The van der Waals surface area contributed by atoms with Gasteiger partial charge >= 0.3 is 11.6 Å². The number of aliphatic hydroxyl groups excluding tert-OH is 1. The topological polar surface area (TPSA) is 128 Å². The number of aliphatic hydroxyl groups is 2. The molecular weight excluding hydrogens is 448 g/mol. The van der Waals surface area contributed by atoms with E-state index in [1.807, 2.05) is 33.8 Å². The van der Waals surface area contributed by atoms with Crippen molar-refractivity contribution in [3.63, 3.8) is 0 Å². The van der Waals surface area contributed by atoms with E-state index in [0.29, 0.717) is 49.0 Å². The number of rotatable bonds is 13. The van der Waals surface area contributed by atoms with Crippen molar-refractivity contribution >= 4 is 5.97 Å². The molecule has 7 heteroatoms. The van der Waals surface area contributed by atoms with Crippen LogP contribution in [0.1, 0.15) is 89.5 Å². The van der Waals surface area contributed by atoms with E-state index in [4.69, 9.17) is 4.42 Å². The second-order valence-corrected chi connectivity index (χ2v) is 9.87. The molecule has 0 radical (unpaired) electrons. The molecule has 0 bridgehead atoms. The van der Waals surface area contributed by atoms with Gasteiger partial charge in [-0.3, -0.25) is 4.79 Å². The van der Waals surface area contributed by atoms with Gasteiger partial charge in [-0.25, -0.2) is 4.79 Å². The summed E-state index contributed by atoms with van der Waals surface area (Å²) in [5.41, 5.74) is 1.73. The molecule has 0 aliphatic rings. The molecule has 1 heterocycles. The van der Waals surface area contributed by atoms with Gasteiger partial charge in [-0.15, -0.1) is 0 Å². The number of allylic oxidation sites excluding steroid dienone is 3. The lowest BCUT2D eigenvalue weighted by Crippen LogP contribution is -2.20. The first-order valence-electron chi connectivity index (χ1n) is 12.2. The number of hydrogen-bond donors (Lipinski definition) is 4. The molecule has 1 aromatic heterocycles. The normalized spacial score (nSPS) is 16.7. The van der Waals surface area contributed by atoms with Crippen molar-refractivity contribution in [3.8, 4) is 5.75 Å². The standard InChI is InChI=1S/C28H42O7/c1-8-28(7,34)15-22(16-29)10-9-11-23(26(31)32)14-18(3)12-17(2)13-19(4)25-20(5)24(30)21(6)27(33)35-25/h12,14-15,19,23,29-30,34H,8-11,13,16H2,1-7H3,(H,31,32)/b17-12+,18-14+,22-15-/t19-,23?,28?/m1/s1. The van der Waals surface area contributed by atoms with Crippen LogP contribution in [-0.2, 0) is 4.79 Å². The summed E-state index contributed by atoms with van der Waals surface area (Å²) in [4.78, 5) is 23.8. The van der Waals surface area contributed by atoms with Crippen LogP contribution in [0.2, 0.25) is 0 Å². The molecule has 0 aliphatic heterocycles. The van der Waals surface area contributed by atoms with E-state index in [1.54, 1.807) is 26.0 Å². The van der Waals surface area contributed by atoms with Crippen molar-refractivity contribution in [2.24, 2.45) is 5.92 Å². The van der Waals surface area contributed by atoms with Gasteiger partial charge in [-0.2, -0.15) is 0 Å². The summed E-state index contributed by atoms with van der Waals surface area (Å²) < 4.78 is 5.42. The molecule has 0 amide bonds. The zero-order valence-electron chi connectivity index (χ0n) is 22.1. The Kier molecular flexibility index (Phi) is 11.7. The number of carboxylic acids is 1. The molecule has 0 fully saturated rings. The van der Waals surface area contributed by atoms with Gasteiger partial charge in [-0.1, -0.05) is 43.2 Å². The highest BCUT2D eigenvalue weighted by Crippen LogP contribution is 2.31. The number of aromatic hydroxyl groups is 1. The van der Waals surface area contributed by atoms with Crippen LogP contribution in [0.25, 0.3) is 0 Å². The zero-order chi connectivity index (χ0) is 26.9. The van der Waals surface area contributed by atoms with Crippen molar-refractivity contribution in [2.45, 2.75) is 92.1 Å². The summed E-state index contributed by atoms with van der Waals surface area (Å²) in [6, 6.07) is 0. The lowest BCUT2D eigenvalue weighted by Gasteiger charge is -2.18. The highest BCUT2D eigenvalue weighted by molar-refractivity contribution is 5.72. The maximum Gasteiger partial charge on any atom is 0.342 e. The first kappa shape index (κ1) is 30.4. The van der Waals surface area contributed by atoms with E-state index >= 15 is 0 Å². The summed E-state index contributed by atoms with van der Waals surface area (Å²) >= 11 is 0. The maximum atomic E-state index is 12.0. The molecule has 35 heavy (non-hydrogen) atoms. The van der Waals surface area contributed by atoms with Crippen LogP contribution in [0, 0.1) is 19.8 Å². The van der Waals surface area contributed by atoms with Crippen LogP contribution >= 0.6 is 0 Å². The average molecular weight is 491 g/mol. The molecule has 0 aliphatic carbocycles. The molecule has 2 unspecified atom stereocenters. The third-order valence-electron chi connectivity index (χ3n) is 6.37. The lowest BCUT2D eigenvalue weighted by molar-refractivity contribution is -0.140. The van der Waals surface area contributed by atoms with Crippen molar-refractivity contribution < 1.29 is 29.6 Å². The molecule has 0 spiro atoms. The molecule has 196 valence electrons. The number of carbonyl (C=O) groups is 1. The summed E-state index contributed by atoms with van der Waals surface area (Å²) in [6.07, 6.45) is 7.92. The van der Waals surface area contributed by atoms with E-state index in [2.05, 4.69) is 0 Å². The third-order valence-corrected chi connectivity index (χ3v) is 6.37. The van der Waals surface area contributed by atoms with Crippen molar-refractivity contribution in [1.29, 1.82) is 0 Å². The molecule has 1 rings (SSSR count). The van der Waals surface area contributed by atoms with Crippen molar-refractivity contribution in [1.82, 2.24) is 0 Å². The zero-order valence-corrected chi connectivity index (χ0v) is 22.1. The molecule has 0 aromatic carbocycles. The molecule has 0 saturated carbocycles. The number of carboxylic acid groups (broad SMARTS) is 1. The first-order valence-corrected chi connectivity index (χ1v) is 12.2. The monoisotopic (exact) mass is 490 g/mol. The largest absolute Gasteiger partial charge is 0.507 e. The van der Waals surface area contributed by atoms with Gasteiger partial charge in [0.05, 0.1) is 23.7 Å². The molecule has 4 N–H and O–H groups in total. The van der Waals surface area contributed by atoms with Gasteiger partial charge in [0.15, 0.2) is 0 Å². The lowest BCUT2D eigenvalue weighted by atomic mass is 9.93. The Morgan fingerprint density at radius 2 is 1.83 bits per heavy atom. The smallest absolute Gasteiger partial charge is 0.342 e. The number of aliphatic carboxylic acids is 1. The van der Waals surface area contributed by atoms with Gasteiger partial charge in [0.2, 0.25) is 0 Å². The third kappa shape index (κ3) is 9.49. The van der Waals surface area contributed by atoms with Gasteiger partial charge in [0.25, 0.3) is 0 Å². The predicted octanol–water partition coefficient (Wildman–Crippen LogP) is 5.30. The molecule has 3 atom stereocenters. The Balaban J connectivity index is 2.90. The maximum absolute atomic E-state index is 12.0. The fraction of sp³-hybridized carbons (Fsp3) is 0.571. The quantitative estimate of drug-likeness (QED) is 0.218. The summed E-state index contributed by atoms with van der Waals surface area (Å²) in [7, 11) is 0. The Hall–Kier alpha value is -2.64. The van der Waals surface area contributed by atoms with Crippen LogP contribution in [0.15, 0.2) is 44.2 Å². The molecule has 7 nitrogen and oxygen atoms in total.